The van der Waals surface area contributed by atoms with Crippen molar-refractivity contribution in [1.29, 1.82) is 0 Å². The van der Waals surface area contributed by atoms with Crippen LogP contribution >= 0.6 is 11.3 Å². The fraction of sp³-hybridized carbons (Fsp3) is 0.429. The molecule has 1 fully saturated rings. The number of rotatable bonds is 7. The summed E-state index contributed by atoms with van der Waals surface area (Å²) in [6.07, 6.45) is 0. The first-order valence-electron chi connectivity index (χ1n) is 10.1. The molecule has 0 atom stereocenters. The molecule has 1 aliphatic heterocycles. The number of nitrogens with zero attached hydrogens (tertiary/aromatic N) is 3. The van der Waals surface area contributed by atoms with Crippen LogP contribution < -0.4 is 10.6 Å². The number of ether oxygens (including phenoxy) is 1. The molecule has 0 radical (unpaired) electrons. The Labute approximate surface area is 174 Å². The van der Waals surface area contributed by atoms with Gasteiger partial charge in [0.25, 0.3) is 0 Å². The number of thiazole rings is 1. The van der Waals surface area contributed by atoms with E-state index in [1.807, 2.05) is 30.3 Å². The summed E-state index contributed by atoms with van der Waals surface area (Å²) in [5.74, 6) is 2.42. The van der Waals surface area contributed by atoms with E-state index < -0.39 is 0 Å². The third kappa shape index (κ3) is 5.35. The Balaban J connectivity index is 1.34. The molecule has 1 aliphatic rings. The zero-order valence-electron chi connectivity index (χ0n) is 16.7. The number of hydrogen-bond donors (Lipinski definition) is 2. The van der Waals surface area contributed by atoms with Crippen molar-refractivity contribution in [2.45, 2.75) is 13.5 Å². The summed E-state index contributed by atoms with van der Waals surface area (Å²) in [5.41, 5.74) is 1.00. The second kappa shape index (κ2) is 9.87. The van der Waals surface area contributed by atoms with Crippen LogP contribution in [0, 0.1) is 0 Å². The molecular formula is C21H27N5O2S. The number of benzene rings is 1. The standard InChI is InChI=1S/C21H27N5O2S/c1-2-22-21(23-9-10-26-11-13-27-14-12-26)24-15-16-7-8-18(28-16)20-25-17-5-3-4-6-19(17)29-20/h3-8H,2,9-15H2,1H3,(H2,22,23,24). The highest BCUT2D eigenvalue weighted by Gasteiger charge is 2.11. The average molecular weight is 414 g/mol. The molecule has 1 aromatic carbocycles. The van der Waals surface area contributed by atoms with Crippen LogP contribution in [-0.2, 0) is 11.3 Å². The van der Waals surface area contributed by atoms with Gasteiger partial charge in [-0.3, -0.25) is 4.90 Å². The highest BCUT2D eigenvalue weighted by Crippen LogP contribution is 2.31. The molecule has 154 valence electrons. The number of hydrogen-bond acceptors (Lipinski definition) is 6. The van der Waals surface area contributed by atoms with Crippen LogP contribution in [0.3, 0.4) is 0 Å². The van der Waals surface area contributed by atoms with Crippen LogP contribution in [0.15, 0.2) is 45.8 Å². The molecule has 2 aromatic heterocycles. The quantitative estimate of drug-likeness (QED) is 0.458. The molecule has 0 unspecified atom stereocenters. The van der Waals surface area contributed by atoms with Gasteiger partial charge in [-0.2, -0.15) is 0 Å². The van der Waals surface area contributed by atoms with E-state index in [1.54, 1.807) is 11.3 Å². The zero-order valence-corrected chi connectivity index (χ0v) is 17.5. The summed E-state index contributed by atoms with van der Waals surface area (Å²) >= 11 is 1.64. The van der Waals surface area contributed by atoms with Crippen LogP contribution in [0.5, 0.6) is 0 Å². The molecule has 0 amide bonds. The van der Waals surface area contributed by atoms with Gasteiger partial charge < -0.3 is 19.8 Å². The SMILES string of the molecule is CCNC(=NCc1ccc(-c2nc3ccccc3s2)o1)NCCN1CCOCC1. The first-order chi connectivity index (χ1) is 14.3. The minimum Gasteiger partial charge on any atom is -0.457 e. The number of furan rings is 1. The molecule has 0 saturated carbocycles. The van der Waals surface area contributed by atoms with Crippen molar-refractivity contribution in [3.8, 4) is 10.8 Å². The molecule has 29 heavy (non-hydrogen) atoms. The average Bonchev–Trinajstić information content (AvgIpc) is 3.39. The third-order valence-electron chi connectivity index (χ3n) is 4.73. The molecule has 0 aliphatic carbocycles. The van der Waals surface area contributed by atoms with Crippen molar-refractivity contribution >= 4 is 27.5 Å². The van der Waals surface area contributed by atoms with Gasteiger partial charge >= 0.3 is 0 Å². The largest absolute Gasteiger partial charge is 0.457 e. The second-order valence-corrected chi connectivity index (χ2v) is 7.86. The van der Waals surface area contributed by atoms with Gasteiger partial charge in [-0.05, 0) is 31.2 Å². The Hall–Kier alpha value is -2.42. The van der Waals surface area contributed by atoms with Crippen LogP contribution in [-0.4, -0.2) is 61.8 Å². The van der Waals surface area contributed by atoms with E-state index in [0.717, 1.165) is 78.6 Å². The maximum Gasteiger partial charge on any atom is 0.191 e. The number of aromatic nitrogens is 1. The van der Waals surface area contributed by atoms with Crippen LogP contribution in [0.4, 0.5) is 0 Å². The van der Waals surface area contributed by atoms with Crippen molar-refractivity contribution in [1.82, 2.24) is 20.5 Å². The molecule has 3 heterocycles. The maximum absolute atomic E-state index is 5.99. The van der Waals surface area contributed by atoms with Gasteiger partial charge in [0.1, 0.15) is 12.3 Å². The first-order valence-corrected chi connectivity index (χ1v) is 10.9. The lowest BCUT2D eigenvalue weighted by atomic mass is 10.3. The third-order valence-corrected chi connectivity index (χ3v) is 5.78. The van der Waals surface area contributed by atoms with E-state index in [0.29, 0.717) is 6.54 Å². The minimum absolute atomic E-state index is 0.484. The van der Waals surface area contributed by atoms with E-state index in [9.17, 15) is 0 Å². The summed E-state index contributed by atoms with van der Waals surface area (Å²) in [4.78, 5) is 11.7. The van der Waals surface area contributed by atoms with E-state index >= 15 is 0 Å². The Bertz CT molecular complexity index is 912. The maximum atomic E-state index is 5.99. The van der Waals surface area contributed by atoms with E-state index in [1.165, 1.54) is 0 Å². The van der Waals surface area contributed by atoms with Gasteiger partial charge in [0, 0.05) is 32.7 Å². The molecule has 0 spiro atoms. The fourth-order valence-corrected chi connectivity index (χ4v) is 4.14. The van der Waals surface area contributed by atoms with Crippen molar-refractivity contribution in [2.24, 2.45) is 4.99 Å². The number of guanidine groups is 1. The van der Waals surface area contributed by atoms with Gasteiger partial charge in [0.15, 0.2) is 16.7 Å². The molecule has 7 nitrogen and oxygen atoms in total. The lowest BCUT2D eigenvalue weighted by molar-refractivity contribution is 0.0389. The normalized spacial score (nSPS) is 15.7. The van der Waals surface area contributed by atoms with Crippen LogP contribution in [0.2, 0.25) is 0 Å². The van der Waals surface area contributed by atoms with Crippen molar-refractivity contribution < 1.29 is 9.15 Å². The summed E-state index contributed by atoms with van der Waals surface area (Å²) in [7, 11) is 0. The lowest BCUT2D eigenvalue weighted by Crippen LogP contribution is -2.44. The number of nitrogens with one attached hydrogen (secondary N) is 2. The smallest absolute Gasteiger partial charge is 0.191 e. The number of fused-ring (bicyclic) bond motifs is 1. The molecule has 4 rings (SSSR count). The summed E-state index contributed by atoms with van der Waals surface area (Å²) < 4.78 is 12.5. The second-order valence-electron chi connectivity index (χ2n) is 6.83. The van der Waals surface area contributed by atoms with Gasteiger partial charge in [0.2, 0.25) is 0 Å². The van der Waals surface area contributed by atoms with Gasteiger partial charge in [-0.25, -0.2) is 9.98 Å². The summed E-state index contributed by atoms with van der Waals surface area (Å²) in [6.45, 7) is 8.84. The van der Waals surface area contributed by atoms with Crippen molar-refractivity contribution in [3.05, 3.63) is 42.2 Å². The van der Waals surface area contributed by atoms with Crippen LogP contribution in [0.25, 0.3) is 21.0 Å². The summed E-state index contributed by atoms with van der Waals surface area (Å²) in [6, 6.07) is 12.1. The monoisotopic (exact) mass is 413 g/mol. The molecular weight excluding hydrogens is 386 g/mol. The zero-order chi connectivity index (χ0) is 19.9. The Morgan fingerprint density at radius 2 is 2.03 bits per heavy atom. The van der Waals surface area contributed by atoms with Crippen molar-refractivity contribution in [2.75, 3.05) is 45.9 Å². The number of aliphatic imine (C=N–C) groups is 1. The fourth-order valence-electron chi connectivity index (χ4n) is 3.21. The molecule has 3 aromatic rings. The van der Waals surface area contributed by atoms with Crippen LogP contribution in [0.1, 0.15) is 12.7 Å². The van der Waals surface area contributed by atoms with E-state index in [4.69, 9.17) is 9.15 Å². The number of para-hydroxylation sites is 1. The predicted octanol–water partition coefficient (Wildman–Crippen LogP) is 2.94. The van der Waals surface area contributed by atoms with E-state index in [2.05, 4.69) is 38.5 Å². The Kier molecular flexibility index (Phi) is 6.76. The Morgan fingerprint density at radius 3 is 2.86 bits per heavy atom. The number of morpholine rings is 1. The summed E-state index contributed by atoms with van der Waals surface area (Å²) in [5, 5.41) is 7.59. The van der Waals surface area contributed by atoms with Gasteiger partial charge in [0.05, 0.1) is 23.4 Å². The molecule has 2 N–H and O–H groups in total. The van der Waals surface area contributed by atoms with Crippen molar-refractivity contribution in [3.63, 3.8) is 0 Å². The van der Waals surface area contributed by atoms with Gasteiger partial charge in [-0.1, -0.05) is 12.1 Å². The predicted molar refractivity (Wildman–Crippen MR) is 117 cm³/mol. The molecule has 0 bridgehead atoms. The molecule has 8 heteroatoms. The first kappa shape index (κ1) is 19.9. The topological polar surface area (TPSA) is 74.9 Å². The molecule has 1 saturated heterocycles. The van der Waals surface area contributed by atoms with Gasteiger partial charge in [-0.15, -0.1) is 11.3 Å². The highest BCUT2D eigenvalue weighted by molar-refractivity contribution is 7.21. The van der Waals surface area contributed by atoms with E-state index in [-0.39, 0.29) is 0 Å². The highest BCUT2D eigenvalue weighted by atomic mass is 32.1. The lowest BCUT2D eigenvalue weighted by Gasteiger charge is -2.26. The Morgan fingerprint density at radius 1 is 1.17 bits per heavy atom. The minimum atomic E-state index is 0.484.